The quantitative estimate of drug-likeness (QED) is 0.763. The molecule has 0 fully saturated rings. The predicted octanol–water partition coefficient (Wildman–Crippen LogP) is 2.42. The number of benzene rings is 2. The molecule has 3 rings (SSSR count). The first-order valence-corrected chi connectivity index (χ1v) is 9.82. The van der Waals surface area contributed by atoms with E-state index in [4.69, 9.17) is 17.3 Å². The molecule has 6 nitrogen and oxygen atoms in total. The SMILES string of the molecule is NCC(=O)c1ccc(S(=O)(=O)N2CCC=C(c3ccc(Cl)cc3)N2)cc1. The number of carbonyl (C=O) groups excluding carboxylic acids is 1. The molecule has 0 aliphatic carbocycles. The van der Waals surface area contributed by atoms with Gasteiger partial charge in [0.25, 0.3) is 10.0 Å². The Morgan fingerprint density at radius 2 is 1.77 bits per heavy atom. The maximum Gasteiger partial charge on any atom is 0.259 e. The molecule has 1 aliphatic rings. The lowest BCUT2D eigenvalue weighted by Gasteiger charge is -2.28. The van der Waals surface area contributed by atoms with Gasteiger partial charge in [-0.25, -0.2) is 8.42 Å². The van der Waals surface area contributed by atoms with E-state index in [0.717, 1.165) is 5.56 Å². The van der Waals surface area contributed by atoms with Crippen LogP contribution in [0, 0.1) is 0 Å². The number of hydrogen-bond donors (Lipinski definition) is 2. The zero-order chi connectivity index (χ0) is 18.7. The monoisotopic (exact) mass is 391 g/mol. The molecule has 0 saturated carbocycles. The third kappa shape index (κ3) is 3.81. The molecule has 26 heavy (non-hydrogen) atoms. The summed E-state index contributed by atoms with van der Waals surface area (Å²) in [6.45, 7) is 0.192. The van der Waals surface area contributed by atoms with Gasteiger partial charge in [-0.15, -0.1) is 4.41 Å². The van der Waals surface area contributed by atoms with E-state index < -0.39 is 10.0 Å². The lowest BCUT2D eigenvalue weighted by Crippen LogP contribution is -2.44. The number of sulfonamides is 1. The van der Waals surface area contributed by atoms with Gasteiger partial charge < -0.3 is 11.2 Å². The van der Waals surface area contributed by atoms with Gasteiger partial charge >= 0.3 is 0 Å². The standard InChI is InChI=1S/C18H18ClN3O3S/c19-15-7-3-13(4-8-15)17-2-1-11-22(21-17)26(24,25)16-9-5-14(6-10-16)18(23)12-20/h2-10,21H,1,11-12,20H2. The minimum absolute atomic E-state index is 0.107. The number of ketones is 1. The Balaban J connectivity index is 1.82. The summed E-state index contributed by atoms with van der Waals surface area (Å²) in [5, 5.41) is 0.613. The predicted molar refractivity (Wildman–Crippen MR) is 101 cm³/mol. The maximum atomic E-state index is 12.9. The fraction of sp³-hybridized carbons (Fsp3) is 0.167. The van der Waals surface area contributed by atoms with Crippen molar-refractivity contribution in [3.8, 4) is 0 Å². The number of nitrogens with two attached hydrogens (primary N) is 1. The van der Waals surface area contributed by atoms with Crippen molar-refractivity contribution in [2.24, 2.45) is 5.73 Å². The summed E-state index contributed by atoms with van der Waals surface area (Å²) < 4.78 is 27.0. The van der Waals surface area contributed by atoms with Crippen LogP contribution in [0.3, 0.4) is 0 Å². The molecule has 0 radical (unpaired) electrons. The van der Waals surface area contributed by atoms with Crippen molar-refractivity contribution in [2.45, 2.75) is 11.3 Å². The molecule has 8 heteroatoms. The van der Waals surface area contributed by atoms with Crippen LogP contribution in [0.1, 0.15) is 22.3 Å². The average molecular weight is 392 g/mol. The number of Topliss-reactive ketones (excluding diaryl/α,β-unsaturated/α-hetero) is 1. The summed E-state index contributed by atoms with van der Waals surface area (Å²) >= 11 is 5.90. The molecule has 0 unspecified atom stereocenters. The van der Waals surface area contributed by atoms with E-state index in [1.807, 2.05) is 18.2 Å². The van der Waals surface area contributed by atoms with Gasteiger partial charge in [0.2, 0.25) is 0 Å². The van der Waals surface area contributed by atoms with E-state index in [9.17, 15) is 13.2 Å². The van der Waals surface area contributed by atoms with Crippen LogP contribution in [0.15, 0.2) is 59.5 Å². The van der Waals surface area contributed by atoms with Gasteiger partial charge in [-0.3, -0.25) is 4.79 Å². The topological polar surface area (TPSA) is 92.5 Å². The second-order valence-electron chi connectivity index (χ2n) is 5.75. The molecule has 2 aromatic carbocycles. The number of nitrogens with zero attached hydrogens (tertiary/aromatic N) is 1. The molecule has 1 aliphatic heterocycles. The first kappa shape index (κ1) is 18.6. The molecular formula is C18H18ClN3O3S. The van der Waals surface area contributed by atoms with Crippen molar-refractivity contribution in [2.75, 3.05) is 13.1 Å². The number of rotatable bonds is 5. The first-order chi connectivity index (χ1) is 12.4. The summed E-state index contributed by atoms with van der Waals surface area (Å²) in [5.41, 5.74) is 10.2. The number of carbonyl (C=O) groups is 1. The van der Waals surface area contributed by atoms with Gasteiger partial charge in [-0.05, 0) is 36.2 Å². The van der Waals surface area contributed by atoms with Crippen molar-refractivity contribution in [3.63, 3.8) is 0 Å². The molecule has 0 atom stereocenters. The molecule has 136 valence electrons. The highest BCUT2D eigenvalue weighted by molar-refractivity contribution is 7.89. The number of hydrogen-bond acceptors (Lipinski definition) is 5. The third-order valence-electron chi connectivity index (χ3n) is 4.03. The first-order valence-electron chi connectivity index (χ1n) is 8.00. The van der Waals surface area contributed by atoms with Crippen molar-refractivity contribution in [1.29, 1.82) is 0 Å². The van der Waals surface area contributed by atoms with E-state index in [1.165, 1.54) is 28.7 Å². The summed E-state index contributed by atoms with van der Waals surface area (Å²) in [6.07, 6.45) is 2.52. The van der Waals surface area contributed by atoms with Crippen LogP contribution in [-0.4, -0.2) is 31.7 Å². The number of halogens is 1. The molecule has 2 aromatic rings. The largest absolute Gasteiger partial charge is 0.324 e. The van der Waals surface area contributed by atoms with Gasteiger partial charge in [0, 0.05) is 17.1 Å². The second kappa shape index (κ2) is 7.59. The number of hydrazine groups is 1. The minimum atomic E-state index is -3.75. The van der Waals surface area contributed by atoms with Crippen LogP contribution in [0.5, 0.6) is 0 Å². The zero-order valence-corrected chi connectivity index (χ0v) is 15.4. The summed E-state index contributed by atoms with van der Waals surface area (Å²) in [4.78, 5) is 11.7. The fourth-order valence-electron chi connectivity index (χ4n) is 2.61. The lowest BCUT2D eigenvalue weighted by atomic mass is 10.1. The van der Waals surface area contributed by atoms with E-state index in [-0.39, 0.29) is 17.2 Å². The highest BCUT2D eigenvalue weighted by atomic mass is 35.5. The van der Waals surface area contributed by atoms with Gasteiger partial charge in [-0.2, -0.15) is 0 Å². The highest BCUT2D eigenvalue weighted by Crippen LogP contribution is 2.23. The summed E-state index contributed by atoms with van der Waals surface area (Å²) in [5.74, 6) is -0.238. The van der Waals surface area contributed by atoms with Crippen LogP contribution in [0.25, 0.3) is 5.70 Å². The van der Waals surface area contributed by atoms with Gasteiger partial charge in [-0.1, -0.05) is 41.9 Å². The van der Waals surface area contributed by atoms with Crippen LogP contribution in [0.2, 0.25) is 5.02 Å². The van der Waals surface area contributed by atoms with Crippen LogP contribution >= 0.6 is 11.6 Å². The van der Waals surface area contributed by atoms with Crippen molar-refractivity contribution < 1.29 is 13.2 Å². The van der Waals surface area contributed by atoms with Crippen LogP contribution in [-0.2, 0) is 10.0 Å². The molecule has 0 bridgehead atoms. The Morgan fingerprint density at radius 1 is 1.12 bits per heavy atom. The van der Waals surface area contributed by atoms with Gasteiger partial charge in [0.1, 0.15) is 0 Å². The van der Waals surface area contributed by atoms with Crippen molar-refractivity contribution >= 4 is 33.1 Å². The summed E-state index contributed by atoms with van der Waals surface area (Å²) in [6, 6.07) is 12.9. The maximum absolute atomic E-state index is 12.9. The van der Waals surface area contributed by atoms with Crippen molar-refractivity contribution in [1.82, 2.24) is 9.84 Å². The Morgan fingerprint density at radius 3 is 2.38 bits per heavy atom. The molecular weight excluding hydrogens is 374 g/mol. The molecule has 0 amide bonds. The van der Waals surface area contributed by atoms with E-state index in [0.29, 0.717) is 29.2 Å². The lowest BCUT2D eigenvalue weighted by molar-refractivity contribution is 0.100. The highest BCUT2D eigenvalue weighted by Gasteiger charge is 2.27. The zero-order valence-electron chi connectivity index (χ0n) is 13.9. The third-order valence-corrected chi connectivity index (χ3v) is 6.00. The number of nitrogens with one attached hydrogen (secondary N) is 1. The van der Waals surface area contributed by atoms with Crippen molar-refractivity contribution in [3.05, 3.63) is 70.8 Å². The molecule has 0 spiro atoms. The normalized spacial score (nSPS) is 15.2. The van der Waals surface area contributed by atoms with E-state index >= 15 is 0 Å². The van der Waals surface area contributed by atoms with Gasteiger partial charge in [0.05, 0.1) is 17.1 Å². The molecule has 1 heterocycles. The van der Waals surface area contributed by atoms with Gasteiger partial charge in [0.15, 0.2) is 5.78 Å². The van der Waals surface area contributed by atoms with Crippen LogP contribution < -0.4 is 11.2 Å². The minimum Gasteiger partial charge on any atom is -0.324 e. The Hall–Kier alpha value is -2.19. The van der Waals surface area contributed by atoms with E-state index in [2.05, 4.69) is 5.43 Å². The Bertz CT molecular complexity index is 939. The Labute approximate surface area is 157 Å². The fourth-order valence-corrected chi connectivity index (χ4v) is 4.04. The molecule has 0 aromatic heterocycles. The molecule has 3 N–H and O–H groups in total. The summed E-state index contributed by atoms with van der Waals surface area (Å²) in [7, 11) is -3.75. The smallest absolute Gasteiger partial charge is 0.259 e. The molecule has 0 saturated heterocycles. The van der Waals surface area contributed by atoms with E-state index in [1.54, 1.807) is 12.1 Å². The Kier molecular flexibility index (Phi) is 5.43. The van der Waals surface area contributed by atoms with Crippen LogP contribution in [0.4, 0.5) is 0 Å². The second-order valence-corrected chi connectivity index (χ2v) is 8.05. The average Bonchev–Trinajstić information content (AvgIpc) is 2.68.